The van der Waals surface area contributed by atoms with E-state index in [0.29, 0.717) is 28.7 Å². The largest absolute Gasteiger partial charge is 0.493 e. The van der Waals surface area contributed by atoms with Gasteiger partial charge in [0.1, 0.15) is 5.76 Å². The van der Waals surface area contributed by atoms with Crippen molar-refractivity contribution in [2.75, 3.05) is 7.11 Å². The Morgan fingerprint density at radius 1 is 1.24 bits per heavy atom. The van der Waals surface area contributed by atoms with Gasteiger partial charge >= 0.3 is 6.03 Å². The van der Waals surface area contributed by atoms with Gasteiger partial charge in [0.05, 0.1) is 13.2 Å². The van der Waals surface area contributed by atoms with Gasteiger partial charge in [-0.25, -0.2) is 4.79 Å². The molecule has 0 radical (unpaired) electrons. The van der Waals surface area contributed by atoms with E-state index >= 15 is 0 Å². The van der Waals surface area contributed by atoms with Crippen LogP contribution in [0.15, 0.2) is 52.9 Å². The van der Waals surface area contributed by atoms with Gasteiger partial charge in [0.15, 0.2) is 11.3 Å². The van der Waals surface area contributed by atoms with E-state index in [1.165, 1.54) is 0 Å². The number of halogens is 1. The van der Waals surface area contributed by atoms with Crippen LogP contribution in [0.25, 0.3) is 11.0 Å². The zero-order chi connectivity index (χ0) is 17.8. The van der Waals surface area contributed by atoms with Crippen LogP contribution < -0.4 is 15.4 Å². The second-order valence-corrected chi connectivity index (χ2v) is 6.07. The molecule has 0 fully saturated rings. The molecule has 1 heterocycles. The van der Waals surface area contributed by atoms with E-state index in [4.69, 9.17) is 20.8 Å². The number of para-hydroxylation sites is 1. The second-order valence-electron chi connectivity index (χ2n) is 5.67. The van der Waals surface area contributed by atoms with Crippen molar-refractivity contribution in [2.45, 2.75) is 19.5 Å². The summed E-state index contributed by atoms with van der Waals surface area (Å²) in [7, 11) is 1.60. The fourth-order valence-electron chi connectivity index (χ4n) is 2.57. The predicted molar refractivity (Wildman–Crippen MR) is 98.0 cm³/mol. The minimum absolute atomic E-state index is 0.289. The molecule has 2 N–H and O–H groups in total. The molecule has 0 aliphatic heterocycles. The Hall–Kier alpha value is -2.66. The van der Waals surface area contributed by atoms with Crippen molar-refractivity contribution in [1.29, 1.82) is 0 Å². The van der Waals surface area contributed by atoms with Crippen molar-refractivity contribution in [3.05, 3.63) is 64.9 Å². The van der Waals surface area contributed by atoms with Crippen LogP contribution in [0.5, 0.6) is 5.75 Å². The Labute approximate surface area is 150 Å². The maximum Gasteiger partial charge on any atom is 0.315 e. The molecule has 1 aromatic heterocycles. The first-order chi connectivity index (χ1) is 12.1. The Bertz CT molecular complexity index is 891. The minimum atomic E-state index is -0.292. The van der Waals surface area contributed by atoms with Crippen LogP contribution in [0.2, 0.25) is 5.02 Å². The van der Waals surface area contributed by atoms with Crippen LogP contribution in [-0.2, 0) is 6.54 Å². The summed E-state index contributed by atoms with van der Waals surface area (Å²) in [5.41, 5.74) is 1.53. The summed E-state index contributed by atoms with van der Waals surface area (Å²) in [6.45, 7) is 2.21. The lowest BCUT2D eigenvalue weighted by Gasteiger charge is -2.13. The monoisotopic (exact) mass is 358 g/mol. The molecule has 0 saturated heterocycles. The van der Waals surface area contributed by atoms with Gasteiger partial charge in [-0.15, -0.1) is 0 Å². The normalized spacial score (nSPS) is 12.0. The van der Waals surface area contributed by atoms with Crippen molar-refractivity contribution in [2.24, 2.45) is 0 Å². The second kappa shape index (κ2) is 7.49. The van der Waals surface area contributed by atoms with Crippen molar-refractivity contribution >= 4 is 28.6 Å². The van der Waals surface area contributed by atoms with Gasteiger partial charge < -0.3 is 19.8 Å². The number of furan rings is 1. The van der Waals surface area contributed by atoms with E-state index in [1.807, 2.05) is 49.4 Å². The summed E-state index contributed by atoms with van der Waals surface area (Å²) >= 11 is 6.08. The number of fused-ring (bicyclic) bond motifs is 1. The zero-order valence-electron chi connectivity index (χ0n) is 14.0. The van der Waals surface area contributed by atoms with Crippen molar-refractivity contribution < 1.29 is 13.9 Å². The average Bonchev–Trinajstić information content (AvgIpc) is 3.05. The number of hydrogen-bond donors (Lipinski definition) is 2. The highest BCUT2D eigenvalue weighted by Crippen LogP contribution is 2.30. The van der Waals surface area contributed by atoms with E-state index < -0.39 is 0 Å². The van der Waals surface area contributed by atoms with E-state index in [2.05, 4.69) is 10.6 Å². The summed E-state index contributed by atoms with van der Waals surface area (Å²) in [5, 5.41) is 7.21. The van der Waals surface area contributed by atoms with E-state index in [1.54, 1.807) is 13.2 Å². The molecule has 130 valence electrons. The fourth-order valence-corrected chi connectivity index (χ4v) is 2.77. The number of benzene rings is 2. The standard InChI is InChI=1S/C19H19ClN2O3/c1-12(17-10-13-7-5-9-16(24-2)18(13)25-17)22-19(23)21-11-14-6-3-4-8-15(14)20/h3-10,12H,11H2,1-2H3,(H2,21,22,23). The van der Waals surface area contributed by atoms with Crippen molar-refractivity contribution in [3.63, 3.8) is 0 Å². The van der Waals surface area contributed by atoms with Gasteiger partial charge in [-0.05, 0) is 30.7 Å². The SMILES string of the molecule is COc1cccc2cc(C(C)NC(=O)NCc3ccccc3Cl)oc12. The van der Waals surface area contributed by atoms with Gasteiger partial charge in [-0.1, -0.05) is 41.9 Å². The third-order valence-electron chi connectivity index (χ3n) is 3.92. The van der Waals surface area contributed by atoms with Gasteiger partial charge in [0, 0.05) is 17.0 Å². The van der Waals surface area contributed by atoms with E-state index in [0.717, 1.165) is 10.9 Å². The van der Waals surface area contributed by atoms with Gasteiger partial charge in [-0.3, -0.25) is 0 Å². The first kappa shape index (κ1) is 17.2. The Morgan fingerprint density at radius 2 is 2.04 bits per heavy atom. The molecule has 3 rings (SSSR count). The summed E-state index contributed by atoms with van der Waals surface area (Å²) in [6.07, 6.45) is 0. The number of hydrogen-bond acceptors (Lipinski definition) is 3. The third-order valence-corrected chi connectivity index (χ3v) is 4.29. The molecule has 0 saturated carbocycles. The topological polar surface area (TPSA) is 63.5 Å². The molecule has 1 unspecified atom stereocenters. The number of urea groups is 1. The molecule has 6 heteroatoms. The molecule has 25 heavy (non-hydrogen) atoms. The smallest absolute Gasteiger partial charge is 0.315 e. The van der Waals surface area contributed by atoms with Crippen molar-refractivity contribution in [3.8, 4) is 5.75 Å². The number of carbonyl (C=O) groups excluding carboxylic acids is 1. The predicted octanol–water partition coefficient (Wildman–Crippen LogP) is 4.66. The Kier molecular flexibility index (Phi) is 5.14. The summed E-state index contributed by atoms with van der Waals surface area (Å²) in [5.74, 6) is 1.33. The molecule has 0 aliphatic rings. The molecule has 0 bridgehead atoms. The van der Waals surface area contributed by atoms with Gasteiger partial charge in [0.25, 0.3) is 0 Å². The maximum absolute atomic E-state index is 12.1. The molecule has 1 atom stereocenters. The molecule has 5 nitrogen and oxygen atoms in total. The van der Waals surface area contributed by atoms with Gasteiger partial charge in [0.2, 0.25) is 0 Å². The number of rotatable bonds is 5. The molecular weight excluding hydrogens is 340 g/mol. The number of carbonyl (C=O) groups is 1. The number of amides is 2. The number of nitrogens with one attached hydrogen (secondary N) is 2. The van der Waals surface area contributed by atoms with Crippen LogP contribution in [0, 0.1) is 0 Å². The average molecular weight is 359 g/mol. The molecular formula is C19H19ClN2O3. The van der Waals surface area contributed by atoms with Crippen LogP contribution in [0.1, 0.15) is 24.3 Å². The molecule has 0 spiro atoms. The lowest BCUT2D eigenvalue weighted by atomic mass is 10.2. The van der Waals surface area contributed by atoms with Crippen LogP contribution in [-0.4, -0.2) is 13.1 Å². The Balaban J connectivity index is 1.64. The third kappa shape index (κ3) is 3.88. The number of methoxy groups -OCH3 is 1. The summed E-state index contributed by atoms with van der Waals surface area (Å²) < 4.78 is 11.1. The lowest BCUT2D eigenvalue weighted by molar-refractivity contribution is 0.236. The fraction of sp³-hybridized carbons (Fsp3) is 0.211. The minimum Gasteiger partial charge on any atom is -0.493 e. The highest BCUT2D eigenvalue weighted by Gasteiger charge is 2.16. The van der Waals surface area contributed by atoms with Crippen LogP contribution >= 0.6 is 11.6 Å². The molecule has 2 aromatic carbocycles. The molecule has 0 aliphatic carbocycles. The molecule has 3 aromatic rings. The summed E-state index contributed by atoms with van der Waals surface area (Å²) in [4.78, 5) is 12.1. The first-order valence-corrected chi connectivity index (χ1v) is 8.30. The lowest BCUT2D eigenvalue weighted by Crippen LogP contribution is -2.36. The Morgan fingerprint density at radius 3 is 2.80 bits per heavy atom. The van der Waals surface area contributed by atoms with E-state index in [-0.39, 0.29) is 12.1 Å². The zero-order valence-corrected chi connectivity index (χ0v) is 14.8. The van der Waals surface area contributed by atoms with Crippen LogP contribution in [0.3, 0.4) is 0 Å². The van der Waals surface area contributed by atoms with Crippen LogP contribution in [0.4, 0.5) is 4.79 Å². The highest BCUT2D eigenvalue weighted by molar-refractivity contribution is 6.31. The quantitative estimate of drug-likeness (QED) is 0.697. The van der Waals surface area contributed by atoms with Gasteiger partial charge in [-0.2, -0.15) is 0 Å². The number of ether oxygens (including phenoxy) is 1. The van der Waals surface area contributed by atoms with Crippen molar-refractivity contribution in [1.82, 2.24) is 10.6 Å². The first-order valence-electron chi connectivity index (χ1n) is 7.92. The maximum atomic E-state index is 12.1. The molecule has 2 amide bonds. The summed E-state index contributed by atoms with van der Waals surface area (Å²) in [6, 6.07) is 14.4. The highest BCUT2D eigenvalue weighted by atomic mass is 35.5. The van der Waals surface area contributed by atoms with E-state index in [9.17, 15) is 4.79 Å².